The van der Waals surface area contributed by atoms with E-state index in [1.165, 1.54) is 36.8 Å². The second kappa shape index (κ2) is 9.47. The van der Waals surface area contributed by atoms with Crippen LogP contribution >= 0.6 is 0 Å². The highest BCUT2D eigenvalue weighted by Crippen LogP contribution is 2.24. The van der Waals surface area contributed by atoms with Crippen LogP contribution in [0, 0.1) is 0 Å². The molecule has 162 valence electrons. The van der Waals surface area contributed by atoms with Gasteiger partial charge in [0.05, 0.1) is 11.9 Å². The smallest absolute Gasteiger partial charge is 0.224 e. The zero-order chi connectivity index (χ0) is 20.9. The number of nitrogens with zero attached hydrogens (tertiary/aromatic N) is 5. The summed E-state index contributed by atoms with van der Waals surface area (Å²) in [6, 6.07) is 12.8. The van der Waals surface area contributed by atoms with Crippen LogP contribution in [0.2, 0.25) is 0 Å². The van der Waals surface area contributed by atoms with Crippen LogP contribution in [-0.4, -0.2) is 57.3 Å². The molecule has 0 spiro atoms. The van der Waals surface area contributed by atoms with Crippen molar-refractivity contribution in [1.29, 1.82) is 0 Å². The number of aromatic nitrogens is 4. The predicted octanol–water partition coefficient (Wildman–Crippen LogP) is 3.93. The van der Waals surface area contributed by atoms with Gasteiger partial charge in [-0.25, -0.2) is 4.98 Å². The third-order valence-electron chi connectivity index (χ3n) is 6.35. The van der Waals surface area contributed by atoms with Crippen molar-refractivity contribution >= 4 is 11.8 Å². The van der Waals surface area contributed by atoms with Gasteiger partial charge in [0.15, 0.2) is 0 Å². The van der Waals surface area contributed by atoms with E-state index in [2.05, 4.69) is 54.6 Å². The molecule has 3 aromatic rings. The van der Waals surface area contributed by atoms with E-state index in [0.29, 0.717) is 6.04 Å². The largest absolute Gasteiger partial charge is 0.356 e. The van der Waals surface area contributed by atoms with Crippen LogP contribution in [0.5, 0.6) is 0 Å². The molecule has 0 saturated carbocycles. The molecule has 4 heterocycles. The van der Waals surface area contributed by atoms with Gasteiger partial charge in [-0.3, -0.25) is 10.00 Å². The van der Waals surface area contributed by atoms with E-state index in [9.17, 15) is 0 Å². The van der Waals surface area contributed by atoms with E-state index < -0.39 is 0 Å². The zero-order valence-corrected chi connectivity index (χ0v) is 18.0. The first-order chi connectivity index (χ1) is 15.3. The van der Waals surface area contributed by atoms with E-state index in [1.807, 2.05) is 24.5 Å². The molecule has 31 heavy (non-hydrogen) atoms. The highest BCUT2D eigenvalue weighted by molar-refractivity contribution is 5.62. The maximum absolute atomic E-state index is 4.83. The highest BCUT2D eigenvalue weighted by Gasteiger charge is 2.24. The van der Waals surface area contributed by atoms with Gasteiger partial charge in [-0.05, 0) is 30.9 Å². The number of aromatic amines is 1. The van der Waals surface area contributed by atoms with Crippen LogP contribution < -0.4 is 10.2 Å². The summed E-state index contributed by atoms with van der Waals surface area (Å²) in [5, 5.41) is 11.0. The van der Waals surface area contributed by atoms with Crippen molar-refractivity contribution in [1.82, 2.24) is 25.1 Å². The number of rotatable bonds is 6. The summed E-state index contributed by atoms with van der Waals surface area (Å²) < 4.78 is 0. The molecule has 2 fully saturated rings. The summed E-state index contributed by atoms with van der Waals surface area (Å²) in [5.41, 5.74) is 3.54. The minimum atomic E-state index is 0.367. The van der Waals surface area contributed by atoms with Crippen LogP contribution in [0.1, 0.15) is 37.7 Å². The number of hydrogen-bond acceptors (Lipinski definition) is 6. The maximum atomic E-state index is 4.83. The lowest BCUT2D eigenvalue weighted by Crippen LogP contribution is -2.28. The third-order valence-corrected chi connectivity index (χ3v) is 6.35. The minimum absolute atomic E-state index is 0.367. The first-order valence-electron chi connectivity index (χ1n) is 11.5. The Morgan fingerprint density at radius 3 is 2.68 bits per heavy atom. The van der Waals surface area contributed by atoms with Crippen molar-refractivity contribution < 1.29 is 0 Å². The summed E-state index contributed by atoms with van der Waals surface area (Å²) in [5.74, 6) is 1.81. The molecule has 2 N–H and O–H groups in total. The molecule has 0 aliphatic carbocycles. The number of nitrogens with one attached hydrogen (secondary N) is 2. The van der Waals surface area contributed by atoms with E-state index in [0.717, 1.165) is 56.6 Å². The Bertz CT molecular complexity index is 963. The number of likely N-dealkylation sites (tertiary alicyclic amines) is 1. The van der Waals surface area contributed by atoms with E-state index in [-0.39, 0.29) is 0 Å². The van der Waals surface area contributed by atoms with Gasteiger partial charge in [0.2, 0.25) is 5.95 Å². The molecule has 1 atom stereocenters. The SMILES string of the molecule is c1ccc(-c2[nH]ncc2CN2CCC(Nc3nccc(N4CCCCCC4)n3)C2)cc1. The minimum Gasteiger partial charge on any atom is -0.356 e. The standard InChI is InChI=1S/C24H31N7/c1-2-7-14-31(13-6-1)22-10-12-25-24(28-22)27-21-11-15-30(18-21)17-20-16-26-29-23(20)19-8-4-3-5-9-19/h3-5,8-10,12,16,21H,1-2,6-7,11,13-15,17-18H2,(H,26,29)(H,25,27,28). The van der Waals surface area contributed by atoms with Crippen molar-refractivity contribution in [2.75, 3.05) is 36.4 Å². The lowest BCUT2D eigenvalue weighted by Gasteiger charge is -2.22. The monoisotopic (exact) mass is 417 g/mol. The van der Waals surface area contributed by atoms with E-state index in [4.69, 9.17) is 4.98 Å². The fraction of sp³-hybridized carbons (Fsp3) is 0.458. The van der Waals surface area contributed by atoms with Gasteiger partial charge in [-0.2, -0.15) is 10.1 Å². The normalized spacial score (nSPS) is 20.0. The third kappa shape index (κ3) is 4.88. The first-order valence-corrected chi connectivity index (χ1v) is 11.5. The Balaban J connectivity index is 1.20. The van der Waals surface area contributed by atoms with Crippen molar-refractivity contribution in [3.63, 3.8) is 0 Å². The van der Waals surface area contributed by atoms with Crippen molar-refractivity contribution in [3.05, 3.63) is 54.4 Å². The van der Waals surface area contributed by atoms with Gasteiger partial charge in [0.25, 0.3) is 0 Å². The number of H-pyrrole nitrogens is 1. The fourth-order valence-corrected chi connectivity index (χ4v) is 4.70. The van der Waals surface area contributed by atoms with Gasteiger partial charge in [-0.1, -0.05) is 43.2 Å². The molecule has 0 amide bonds. The van der Waals surface area contributed by atoms with Crippen LogP contribution in [0.3, 0.4) is 0 Å². The second-order valence-corrected chi connectivity index (χ2v) is 8.64. The Morgan fingerprint density at radius 2 is 1.84 bits per heavy atom. The molecule has 5 rings (SSSR count). The number of anilines is 2. The zero-order valence-electron chi connectivity index (χ0n) is 18.0. The molecule has 0 bridgehead atoms. The topological polar surface area (TPSA) is 73.0 Å². The molecule has 1 unspecified atom stereocenters. The second-order valence-electron chi connectivity index (χ2n) is 8.64. The number of hydrogen-bond donors (Lipinski definition) is 2. The van der Waals surface area contributed by atoms with Gasteiger partial charge in [0.1, 0.15) is 5.82 Å². The lowest BCUT2D eigenvalue weighted by atomic mass is 10.1. The van der Waals surface area contributed by atoms with E-state index in [1.54, 1.807) is 0 Å². The molecule has 2 aliphatic rings. The Morgan fingerprint density at radius 1 is 1.00 bits per heavy atom. The summed E-state index contributed by atoms with van der Waals surface area (Å²) >= 11 is 0. The molecule has 7 nitrogen and oxygen atoms in total. The van der Waals surface area contributed by atoms with Crippen molar-refractivity contribution in [3.8, 4) is 11.3 Å². The fourth-order valence-electron chi connectivity index (χ4n) is 4.70. The highest BCUT2D eigenvalue weighted by atomic mass is 15.3. The van der Waals surface area contributed by atoms with Crippen molar-refractivity contribution in [2.45, 2.75) is 44.7 Å². The molecular weight excluding hydrogens is 386 g/mol. The summed E-state index contributed by atoms with van der Waals surface area (Å²) in [7, 11) is 0. The average molecular weight is 418 g/mol. The summed E-state index contributed by atoms with van der Waals surface area (Å²) in [4.78, 5) is 14.2. The Labute approximate surface area is 183 Å². The molecule has 2 saturated heterocycles. The van der Waals surface area contributed by atoms with Gasteiger partial charge in [-0.15, -0.1) is 0 Å². The molecular formula is C24H31N7. The summed E-state index contributed by atoms with van der Waals surface area (Å²) in [6.07, 6.45) is 10.1. The molecule has 2 aromatic heterocycles. The molecule has 2 aliphatic heterocycles. The summed E-state index contributed by atoms with van der Waals surface area (Å²) in [6.45, 7) is 5.14. The van der Waals surface area contributed by atoms with Crippen LogP contribution in [-0.2, 0) is 6.54 Å². The van der Waals surface area contributed by atoms with Gasteiger partial charge >= 0.3 is 0 Å². The first kappa shape index (κ1) is 20.0. The van der Waals surface area contributed by atoms with Crippen molar-refractivity contribution in [2.24, 2.45) is 0 Å². The average Bonchev–Trinajstić information content (AvgIpc) is 3.36. The lowest BCUT2D eigenvalue weighted by molar-refractivity contribution is 0.329. The predicted molar refractivity (Wildman–Crippen MR) is 124 cm³/mol. The molecule has 1 aromatic carbocycles. The quantitative estimate of drug-likeness (QED) is 0.633. The molecule has 0 radical (unpaired) electrons. The van der Waals surface area contributed by atoms with Crippen LogP contribution in [0.25, 0.3) is 11.3 Å². The van der Waals surface area contributed by atoms with Gasteiger partial charge < -0.3 is 10.2 Å². The van der Waals surface area contributed by atoms with E-state index >= 15 is 0 Å². The maximum Gasteiger partial charge on any atom is 0.224 e. The molecule has 7 heteroatoms. The van der Waals surface area contributed by atoms with Crippen LogP contribution in [0.15, 0.2) is 48.8 Å². The Hall–Kier alpha value is -2.93. The Kier molecular flexibility index (Phi) is 6.11. The van der Waals surface area contributed by atoms with Crippen LogP contribution in [0.4, 0.5) is 11.8 Å². The van der Waals surface area contributed by atoms with Gasteiger partial charge in [0, 0.05) is 50.5 Å². The number of benzene rings is 1.